The number of ketones is 1. The second kappa shape index (κ2) is 18.5. The topological polar surface area (TPSA) is 214 Å². The van der Waals surface area contributed by atoms with Crippen molar-refractivity contribution in [1.82, 2.24) is 4.90 Å². The molecule has 3 aliphatic carbocycles. The molecule has 15 nitrogen and oxygen atoms in total. The van der Waals surface area contributed by atoms with Gasteiger partial charge in [0.05, 0.1) is 48.4 Å². The molecule has 4 heterocycles. The minimum absolute atomic E-state index is 0.0198. The number of allylic oxidation sites excluding steroid dienone is 3. The lowest BCUT2D eigenvalue weighted by molar-refractivity contribution is -0.196. The van der Waals surface area contributed by atoms with Gasteiger partial charge in [0.2, 0.25) is 5.76 Å². The van der Waals surface area contributed by atoms with E-state index in [0.717, 1.165) is 43.1 Å². The minimum Gasteiger partial charge on any atom is -0.489 e. The Balaban J connectivity index is 1.22. The van der Waals surface area contributed by atoms with E-state index < -0.39 is 60.4 Å². The van der Waals surface area contributed by atoms with E-state index in [-0.39, 0.29) is 95.9 Å². The zero-order valence-electron chi connectivity index (χ0n) is 37.1. The minimum atomic E-state index is -2.01. The predicted octanol–water partition coefficient (Wildman–Crippen LogP) is 2.48. The van der Waals surface area contributed by atoms with Crippen LogP contribution in [0.4, 0.5) is 0 Å². The zero-order chi connectivity index (χ0) is 45.6. The lowest BCUT2D eigenvalue weighted by Crippen LogP contribution is -2.58. The third-order valence-corrected chi connectivity index (χ3v) is 14.7. The first-order chi connectivity index (χ1) is 31.4. The van der Waals surface area contributed by atoms with Gasteiger partial charge in [-0.2, -0.15) is 0 Å². The smallest absolute Gasteiger partial charge is 0.375 e. The Hall–Kier alpha value is -4.74. The van der Waals surface area contributed by atoms with Crippen LogP contribution < -0.4 is 24.8 Å². The Morgan fingerprint density at radius 2 is 1.95 bits per heavy atom. The normalized spacial score (nSPS) is 30.2. The Labute approximate surface area is 377 Å². The maximum absolute atomic E-state index is 14.2. The number of hydrogen-bond acceptors (Lipinski definition) is 15. The number of benzene rings is 2. The summed E-state index contributed by atoms with van der Waals surface area (Å²) in [4.78, 5) is 48.6. The van der Waals surface area contributed by atoms with Crippen molar-refractivity contribution in [3.63, 3.8) is 0 Å². The maximum atomic E-state index is 14.2. The quantitative estimate of drug-likeness (QED) is 0.0643. The number of carbonyl (C=O) groups is 3. The Morgan fingerprint density at radius 3 is 2.71 bits per heavy atom. The molecule has 0 bridgehead atoms. The van der Waals surface area contributed by atoms with Gasteiger partial charge in [0, 0.05) is 75.0 Å². The van der Waals surface area contributed by atoms with Crippen LogP contribution in [0.25, 0.3) is 11.6 Å². The second-order valence-corrected chi connectivity index (χ2v) is 18.7. The molecule has 2 saturated carbocycles. The van der Waals surface area contributed by atoms with E-state index in [2.05, 4.69) is 16.0 Å². The summed E-state index contributed by atoms with van der Waals surface area (Å²) in [5.41, 5.74) is 0.924. The summed E-state index contributed by atoms with van der Waals surface area (Å²) in [7, 11) is 1.69. The number of methoxy groups -OCH3 is 1. The highest BCUT2D eigenvalue weighted by atomic mass is 16.6. The molecule has 1 saturated heterocycles. The molecule has 0 spiro atoms. The molecule has 7 aliphatic rings. The lowest BCUT2D eigenvalue weighted by atomic mass is 9.66. The van der Waals surface area contributed by atoms with E-state index in [1.54, 1.807) is 14.0 Å². The van der Waals surface area contributed by atoms with Gasteiger partial charge in [-0.25, -0.2) is 4.79 Å². The van der Waals surface area contributed by atoms with Crippen LogP contribution >= 0.6 is 0 Å². The molecule has 2 aromatic carbocycles. The SMILES string of the molecule is CCOC(=O)C1=C(C=O)C(=C2CC(CO)C(=O)C(c3ccc4c(c3)=CCN=4)C2)c2c(c(CO)c3c(c2OC2CCCC(O)(O)C2)CC(C2(O)CC=CC4CN(CCCOC)CCC42)O3)O1. The van der Waals surface area contributed by atoms with Crippen molar-refractivity contribution in [2.75, 3.05) is 53.1 Å². The summed E-state index contributed by atoms with van der Waals surface area (Å²) in [6, 6.07) is 5.65. The molecule has 4 aliphatic heterocycles. The third kappa shape index (κ3) is 8.38. The van der Waals surface area contributed by atoms with Crippen molar-refractivity contribution in [1.29, 1.82) is 0 Å². The van der Waals surface area contributed by atoms with Crippen molar-refractivity contribution in [2.45, 2.75) is 107 Å². The highest BCUT2D eigenvalue weighted by Gasteiger charge is 2.54. The van der Waals surface area contributed by atoms with Crippen molar-refractivity contribution < 1.29 is 63.6 Å². The van der Waals surface area contributed by atoms with Crippen LogP contribution in [0.3, 0.4) is 0 Å². The van der Waals surface area contributed by atoms with E-state index >= 15 is 0 Å². The average molecular weight is 897 g/mol. The molecule has 9 rings (SSSR count). The number of ether oxygens (including phenoxy) is 5. The van der Waals surface area contributed by atoms with Crippen molar-refractivity contribution in [2.24, 2.45) is 22.7 Å². The summed E-state index contributed by atoms with van der Waals surface area (Å²) >= 11 is 0. The summed E-state index contributed by atoms with van der Waals surface area (Å²) in [6.07, 6.45) is 8.26. The number of carbonyl (C=O) groups excluding carboxylic acids is 3. The van der Waals surface area contributed by atoms with Crippen molar-refractivity contribution in [3.05, 3.63) is 80.1 Å². The number of aliphatic hydroxyl groups excluding tert-OH is 2. The highest BCUT2D eigenvalue weighted by molar-refractivity contribution is 6.11. The van der Waals surface area contributed by atoms with Crippen LogP contribution in [0.2, 0.25) is 0 Å². The maximum Gasteiger partial charge on any atom is 0.375 e. The number of rotatable bonds is 13. The van der Waals surface area contributed by atoms with E-state index in [4.69, 9.17) is 23.7 Å². The first-order valence-corrected chi connectivity index (χ1v) is 23.2. The largest absolute Gasteiger partial charge is 0.489 e. The third-order valence-electron chi connectivity index (χ3n) is 14.7. The number of esters is 1. The predicted molar refractivity (Wildman–Crippen MR) is 235 cm³/mol. The Bertz CT molecular complexity index is 2460. The first-order valence-electron chi connectivity index (χ1n) is 23.2. The molecule has 7 atom stereocenters. The van der Waals surface area contributed by atoms with Gasteiger partial charge in [-0.15, -0.1) is 0 Å². The fourth-order valence-electron chi connectivity index (χ4n) is 11.6. The zero-order valence-corrected chi connectivity index (χ0v) is 37.1. The molecule has 0 radical (unpaired) electrons. The van der Waals surface area contributed by atoms with Gasteiger partial charge in [0.15, 0.2) is 12.1 Å². The van der Waals surface area contributed by atoms with E-state index in [1.807, 2.05) is 30.4 Å². The Morgan fingerprint density at radius 1 is 1.11 bits per heavy atom. The molecular weight excluding hydrogens is 837 g/mol. The van der Waals surface area contributed by atoms with Crippen LogP contribution in [0.1, 0.15) is 92.9 Å². The van der Waals surface area contributed by atoms with E-state index in [0.29, 0.717) is 55.4 Å². The van der Waals surface area contributed by atoms with Crippen LogP contribution in [0.15, 0.2) is 52.2 Å². The van der Waals surface area contributed by atoms with Gasteiger partial charge in [0.25, 0.3) is 0 Å². The number of fused-ring (bicyclic) bond motifs is 4. The van der Waals surface area contributed by atoms with Gasteiger partial charge < -0.3 is 54.1 Å². The molecular formula is C50H60N2O13. The average Bonchev–Trinajstić information content (AvgIpc) is 3.97. The molecule has 5 N–H and O–H groups in total. The fraction of sp³-hybridized carbons (Fsp3) is 0.560. The number of aliphatic hydroxyl groups is 5. The monoisotopic (exact) mass is 896 g/mol. The second-order valence-electron chi connectivity index (χ2n) is 18.7. The number of aldehydes is 1. The van der Waals surface area contributed by atoms with Crippen LogP contribution in [0, 0.1) is 17.8 Å². The van der Waals surface area contributed by atoms with E-state index in [1.165, 1.54) is 0 Å². The summed E-state index contributed by atoms with van der Waals surface area (Å²) in [6.45, 7) is 4.09. The fourth-order valence-corrected chi connectivity index (χ4v) is 11.6. The van der Waals surface area contributed by atoms with Crippen LogP contribution in [-0.4, -0.2) is 125 Å². The summed E-state index contributed by atoms with van der Waals surface area (Å²) in [5, 5.41) is 58.6. The van der Waals surface area contributed by atoms with Gasteiger partial charge >= 0.3 is 5.97 Å². The van der Waals surface area contributed by atoms with Crippen molar-refractivity contribution in [3.8, 4) is 17.2 Å². The number of nitrogens with zero attached hydrogens (tertiary/aromatic N) is 2. The number of hydrogen-bond donors (Lipinski definition) is 5. The number of piperidine rings is 1. The summed E-state index contributed by atoms with van der Waals surface area (Å²) in [5.74, 6) is -4.86. The van der Waals surface area contributed by atoms with Crippen LogP contribution in [0.5, 0.6) is 17.2 Å². The number of Topliss-reactive ketones (excluding diaryl/α,β-unsaturated/α-hetero) is 1. The molecule has 0 amide bonds. The standard InChI is InChI=1S/C50H60N2O13/c1-3-62-48(57)47-36(26-54)41(31-20-32(25-53)43(56)34(21-31)28-9-10-39-29(19-28)11-15-51-39)42-45(63-33-8-5-13-49(58,59)23-33)35-22-40(64-44(35)37(27-55)46(42)65-47)50(60)14-4-7-30-24-52(16-6-18-61-2)17-12-38(30)50/h4,7,9-11,19,26,30,32-34,38,40,53,55,58-60H,3,5-6,8,12-18,20-25,27H2,1-2H3. The van der Waals surface area contributed by atoms with E-state index in [9.17, 15) is 39.9 Å². The highest BCUT2D eigenvalue weighted by Crippen LogP contribution is 2.58. The number of likely N-dealkylation sites (tertiary alicyclic amines) is 1. The molecule has 7 unspecified atom stereocenters. The molecule has 0 aromatic heterocycles. The lowest BCUT2D eigenvalue weighted by Gasteiger charge is -2.49. The van der Waals surface area contributed by atoms with Gasteiger partial charge in [-0.05, 0) is 87.2 Å². The first kappa shape index (κ1) is 45.4. The van der Waals surface area contributed by atoms with Crippen molar-refractivity contribution >= 4 is 29.7 Å². The van der Waals surface area contributed by atoms with Gasteiger partial charge in [-0.3, -0.25) is 14.6 Å². The molecule has 2 aromatic rings. The molecule has 348 valence electrons. The molecule has 65 heavy (non-hydrogen) atoms. The summed E-state index contributed by atoms with van der Waals surface area (Å²) < 4.78 is 31.0. The van der Waals surface area contributed by atoms with Gasteiger partial charge in [0.1, 0.15) is 40.8 Å². The van der Waals surface area contributed by atoms with Crippen LogP contribution in [-0.2, 0) is 36.9 Å². The molecule has 15 heteroatoms. The Kier molecular flexibility index (Phi) is 12.9. The van der Waals surface area contributed by atoms with Gasteiger partial charge in [-0.1, -0.05) is 29.9 Å². The molecule has 3 fully saturated rings.